The predicted octanol–water partition coefficient (Wildman–Crippen LogP) is 2.33. The molecule has 2 atom stereocenters. The van der Waals surface area contributed by atoms with E-state index in [4.69, 9.17) is 4.74 Å². The van der Waals surface area contributed by atoms with Crippen LogP contribution >= 0.6 is 0 Å². The molecule has 82 valence electrons. The first-order valence-electron chi connectivity index (χ1n) is 6.20. The highest BCUT2D eigenvalue weighted by atomic mass is 16.5. The van der Waals surface area contributed by atoms with Gasteiger partial charge in [0.2, 0.25) is 0 Å². The van der Waals surface area contributed by atoms with Crippen molar-refractivity contribution in [2.45, 2.75) is 57.1 Å². The fourth-order valence-electron chi connectivity index (χ4n) is 3.09. The molecule has 0 bridgehead atoms. The monoisotopic (exact) mass is 197 g/mol. The minimum absolute atomic E-state index is 0.497. The quantitative estimate of drug-likeness (QED) is 0.750. The van der Waals surface area contributed by atoms with Crippen molar-refractivity contribution in [3.05, 3.63) is 0 Å². The molecule has 0 aromatic rings. The number of likely N-dealkylation sites (N-methyl/N-ethyl adjacent to an activating group) is 1. The van der Waals surface area contributed by atoms with Gasteiger partial charge < -0.3 is 10.1 Å². The van der Waals surface area contributed by atoms with Gasteiger partial charge in [0.05, 0.1) is 6.10 Å². The second-order valence-corrected chi connectivity index (χ2v) is 4.76. The van der Waals surface area contributed by atoms with Crippen LogP contribution in [0.2, 0.25) is 0 Å². The van der Waals surface area contributed by atoms with Crippen LogP contribution in [0, 0.1) is 5.92 Å². The van der Waals surface area contributed by atoms with Crippen molar-refractivity contribution in [1.29, 1.82) is 0 Å². The van der Waals surface area contributed by atoms with Crippen LogP contribution in [0.5, 0.6) is 0 Å². The summed E-state index contributed by atoms with van der Waals surface area (Å²) in [4.78, 5) is 0. The molecule has 1 aliphatic heterocycles. The lowest BCUT2D eigenvalue weighted by atomic mass is 9.90. The van der Waals surface area contributed by atoms with E-state index in [0.29, 0.717) is 12.1 Å². The maximum atomic E-state index is 5.88. The Labute approximate surface area is 87.4 Å². The summed E-state index contributed by atoms with van der Waals surface area (Å²) < 4.78 is 5.88. The maximum absolute atomic E-state index is 5.88. The molecule has 2 aliphatic rings. The van der Waals surface area contributed by atoms with Gasteiger partial charge in [-0.15, -0.1) is 0 Å². The van der Waals surface area contributed by atoms with E-state index in [9.17, 15) is 0 Å². The molecule has 2 nitrogen and oxygen atoms in total. The van der Waals surface area contributed by atoms with Crippen LogP contribution in [0.15, 0.2) is 0 Å². The first kappa shape index (κ1) is 10.4. The Bertz CT molecular complexity index is 160. The van der Waals surface area contributed by atoms with Crippen molar-refractivity contribution in [3.63, 3.8) is 0 Å². The Balaban J connectivity index is 1.89. The van der Waals surface area contributed by atoms with Crippen LogP contribution in [0.4, 0.5) is 0 Å². The van der Waals surface area contributed by atoms with E-state index >= 15 is 0 Å². The van der Waals surface area contributed by atoms with Gasteiger partial charge in [0.25, 0.3) is 0 Å². The largest absolute Gasteiger partial charge is 0.377 e. The third-order valence-electron chi connectivity index (χ3n) is 3.86. The van der Waals surface area contributed by atoms with Crippen molar-refractivity contribution in [1.82, 2.24) is 5.32 Å². The lowest BCUT2D eigenvalue weighted by Crippen LogP contribution is -2.45. The average Bonchev–Trinajstić information content (AvgIpc) is 2.74. The number of rotatable bonds is 3. The summed E-state index contributed by atoms with van der Waals surface area (Å²) >= 11 is 0. The van der Waals surface area contributed by atoms with Crippen LogP contribution in [0.25, 0.3) is 0 Å². The molecule has 0 amide bonds. The maximum Gasteiger partial charge on any atom is 0.0730 e. The van der Waals surface area contributed by atoms with Gasteiger partial charge in [0.1, 0.15) is 0 Å². The van der Waals surface area contributed by atoms with Gasteiger partial charge in [0, 0.05) is 12.6 Å². The number of hydrogen-bond acceptors (Lipinski definition) is 2. The van der Waals surface area contributed by atoms with Crippen molar-refractivity contribution in [2.75, 3.05) is 13.7 Å². The summed E-state index contributed by atoms with van der Waals surface area (Å²) in [5.41, 5.74) is 0. The second kappa shape index (κ2) is 5.13. The molecule has 2 rings (SSSR count). The Morgan fingerprint density at radius 1 is 1.07 bits per heavy atom. The first-order valence-corrected chi connectivity index (χ1v) is 6.20. The summed E-state index contributed by atoms with van der Waals surface area (Å²) in [6, 6.07) is 0.623. The predicted molar refractivity (Wildman–Crippen MR) is 58.4 cm³/mol. The molecule has 0 spiro atoms. The van der Waals surface area contributed by atoms with E-state index in [2.05, 4.69) is 12.4 Å². The van der Waals surface area contributed by atoms with E-state index in [1.165, 1.54) is 44.9 Å². The zero-order valence-corrected chi connectivity index (χ0v) is 9.30. The van der Waals surface area contributed by atoms with E-state index < -0.39 is 0 Å². The van der Waals surface area contributed by atoms with Crippen LogP contribution in [-0.2, 0) is 4.74 Å². The molecule has 0 radical (unpaired) electrons. The Hall–Kier alpha value is -0.0800. The van der Waals surface area contributed by atoms with Crippen molar-refractivity contribution < 1.29 is 4.74 Å². The normalized spacial score (nSPS) is 31.9. The van der Waals surface area contributed by atoms with Crippen LogP contribution in [0.1, 0.15) is 44.9 Å². The topological polar surface area (TPSA) is 21.3 Å². The van der Waals surface area contributed by atoms with Crippen molar-refractivity contribution >= 4 is 0 Å². The summed E-state index contributed by atoms with van der Waals surface area (Å²) in [7, 11) is 2.10. The molecular formula is C12H23NO. The molecule has 0 aromatic heterocycles. The van der Waals surface area contributed by atoms with Gasteiger partial charge in [-0.2, -0.15) is 0 Å². The van der Waals surface area contributed by atoms with Gasteiger partial charge in [-0.3, -0.25) is 0 Å². The Morgan fingerprint density at radius 2 is 1.79 bits per heavy atom. The molecule has 1 saturated heterocycles. The molecule has 1 aliphatic carbocycles. The Morgan fingerprint density at radius 3 is 2.36 bits per heavy atom. The molecule has 2 fully saturated rings. The van der Waals surface area contributed by atoms with Gasteiger partial charge in [0.15, 0.2) is 0 Å². The molecule has 0 aromatic carbocycles. The van der Waals surface area contributed by atoms with Crippen molar-refractivity contribution in [3.8, 4) is 0 Å². The number of nitrogens with one attached hydrogen (secondary N) is 1. The highest BCUT2D eigenvalue weighted by molar-refractivity contribution is 4.87. The van der Waals surface area contributed by atoms with Gasteiger partial charge in [-0.1, -0.05) is 12.8 Å². The highest BCUT2D eigenvalue weighted by Gasteiger charge is 2.31. The molecule has 1 N–H and O–H groups in total. The number of hydrogen-bond donors (Lipinski definition) is 1. The molecule has 2 unspecified atom stereocenters. The summed E-state index contributed by atoms with van der Waals surface area (Å²) in [6.07, 6.45) is 10.0. The van der Waals surface area contributed by atoms with E-state index in [-0.39, 0.29) is 0 Å². The molecule has 14 heavy (non-hydrogen) atoms. The molecular weight excluding hydrogens is 174 g/mol. The zero-order chi connectivity index (χ0) is 9.80. The SMILES string of the molecule is CNC(C1CCCC1)C1CCCCO1. The van der Waals surface area contributed by atoms with Gasteiger partial charge >= 0.3 is 0 Å². The fourth-order valence-corrected chi connectivity index (χ4v) is 3.09. The van der Waals surface area contributed by atoms with Gasteiger partial charge in [-0.05, 0) is 45.1 Å². The van der Waals surface area contributed by atoms with E-state index in [0.717, 1.165) is 12.5 Å². The smallest absolute Gasteiger partial charge is 0.0730 e. The summed E-state index contributed by atoms with van der Waals surface area (Å²) in [5, 5.41) is 3.49. The van der Waals surface area contributed by atoms with E-state index in [1.54, 1.807) is 0 Å². The highest BCUT2D eigenvalue weighted by Crippen LogP contribution is 2.31. The van der Waals surface area contributed by atoms with Gasteiger partial charge in [-0.25, -0.2) is 0 Å². The minimum atomic E-state index is 0.497. The second-order valence-electron chi connectivity index (χ2n) is 4.76. The molecule has 1 heterocycles. The van der Waals surface area contributed by atoms with Crippen LogP contribution in [0.3, 0.4) is 0 Å². The zero-order valence-electron chi connectivity index (χ0n) is 9.30. The standard InChI is InChI=1S/C12H23NO/c1-13-12(10-6-2-3-7-10)11-8-4-5-9-14-11/h10-13H,2-9H2,1H3. The third-order valence-corrected chi connectivity index (χ3v) is 3.86. The van der Waals surface area contributed by atoms with Crippen molar-refractivity contribution in [2.24, 2.45) is 5.92 Å². The third kappa shape index (κ3) is 2.29. The molecule has 1 saturated carbocycles. The fraction of sp³-hybridized carbons (Fsp3) is 1.00. The molecule has 2 heteroatoms. The average molecular weight is 197 g/mol. The summed E-state index contributed by atoms with van der Waals surface area (Å²) in [6.45, 7) is 0.982. The van der Waals surface area contributed by atoms with E-state index in [1.807, 2.05) is 0 Å². The lowest BCUT2D eigenvalue weighted by molar-refractivity contribution is -0.0187. The Kier molecular flexibility index (Phi) is 3.82. The minimum Gasteiger partial charge on any atom is -0.377 e. The first-order chi connectivity index (χ1) is 6.92. The summed E-state index contributed by atoms with van der Waals surface area (Å²) in [5.74, 6) is 0.878. The van der Waals surface area contributed by atoms with Crippen LogP contribution < -0.4 is 5.32 Å². The lowest BCUT2D eigenvalue weighted by Gasteiger charge is -2.34. The number of ether oxygens (including phenoxy) is 1. The van der Waals surface area contributed by atoms with Crippen LogP contribution in [-0.4, -0.2) is 25.8 Å².